The first-order valence-electron chi connectivity index (χ1n) is 10.7. The number of anilines is 2. The van der Waals surface area contributed by atoms with E-state index in [0.29, 0.717) is 5.56 Å². The average Bonchev–Trinajstić information content (AvgIpc) is 2.79. The molecule has 0 radical (unpaired) electrons. The van der Waals surface area contributed by atoms with Gasteiger partial charge in [0.2, 0.25) is 0 Å². The van der Waals surface area contributed by atoms with Gasteiger partial charge >= 0.3 is 0 Å². The van der Waals surface area contributed by atoms with Crippen molar-refractivity contribution in [2.45, 2.75) is 15.4 Å². The molecule has 168 valence electrons. The molecule has 3 aromatic carbocycles. The largest absolute Gasteiger partial charge is 0.378 e. The summed E-state index contributed by atoms with van der Waals surface area (Å²) in [5.41, 5.74) is 5.21. The minimum Gasteiger partial charge on any atom is -0.378 e. The molecule has 3 aromatic rings. The van der Waals surface area contributed by atoms with Crippen molar-refractivity contribution in [3.05, 3.63) is 82.9 Å². The Labute approximate surface area is 193 Å². The molecule has 0 atom stereocenters. The number of benzene rings is 3. The Balaban J connectivity index is 2.18. The Morgan fingerprint density at radius 3 is 1.72 bits per heavy atom. The topological polar surface area (TPSA) is 32.8 Å². The number of aldehydes is 1. The summed E-state index contributed by atoms with van der Waals surface area (Å²) in [4.78, 5) is 18.9. The van der Waals surface area contributed by atoms with Gasteiger partial charge in [0.25, 0.3) is 0 Å². The zero-order chi connectivity index (χ0) is 23.3. The molecule has 0 aromatic heterocycles. The van der Waals surface area contributed by atoms with Crippen LogP contribution in [0.4, 0.5) is 11.4 Å². The van der Waals surface area contributed by atoms with Gasteiger partial charge in [0, 0.05) is 78.7 Å². The fourth-order valence-corrected chi connectivity index (χ4v) is 7.40. The van der Waals surface area contributed by atoms with Gasteiger partial charge in [-0.3, -0.25) is 4.79 Å². The molecule has 5 heteroatoms. The van der Waals surface area contributed by atoms with Crippen LogP contribution < -0.4 is 9.80 Å². The molecule has 0 bridgehead atoms. The second kappa shape index (κ2) is 7.98. The van der Waals surface area contributed by atoms with E-state index in [1.165, 1.54) is 9.79 Å². The summed E-state index contributed by atoms with van der Waals surface area (Å²) in [5.74, 6) is 0. The Morgan fingerprint density at radius 1 is 0.781 bits per heavy atom. The maximum atomic E-state index is 12.1. The van der Waals surface area contributed by atoms with E-state index in [-0.39, 0.29) is 0 Å². The van der Waals surface area contributed by atoms with E-state index < -0.39 is 15.6 Å². The summed E-state index contributed by atoms with van der Waals surface area (Å²) in [6.07, 6.45) is 5.65. The first-order valence-corrected chi connectivity index (χ1v) is 13.1. The van der Waals surface area contributed by atoms with Crippen molar-refractivity contribution in [3.8, 4) is 0 Å². The first kappa shape index (κ1) is 22.4. The molecule has 0 saturated heterocycles. The highest BCUT2D eigenvalue weighted by Crippen LogP contribution is 2.68. The highest BCUT2D eigenvalue weighted by atomic mass is 32.3. The van der Waals surface area contributed by atoms with Gasteiger partial charge in [0.1, 0.15) is 11.9 Å². The van der Waals surface area contributed by atoms with Crippen molar-refractivity contribution >= 4 is 27.7 Å². The molecule has 0 saturated carbocycles. The third-order valence-electron chi connectivity index (χ3n) is 6.59. The third kappa shape index (κ3) is 3.14. The zero-order valence-corrected chi connectivity index (χ0v) is 20.8. The van der Waals surface area contributed by atoms with Crippen molar-refractivity contribution in [2.24, 2.45) is 0 Å². The zero-order valence-electron chi connectivity index (χ0n) is 20.0. The molecule has 32 heavy (non-hydrogen) atoms. The lowest BCUT2D eigenvalue weighted by molar-refractivity contribution is 0.0521. The normalized spacial score (nSPS) is 16.5. The van der Waals surface area contributed by atoms with Crippen LogP contribution in [-0.2, 0) is 10.3 Å². The van der Waals surface area contributed by atoms with Gasteiger partial charge in [0.15, 0.2) is 0 Å². The Hall–Kier alpha value is -2.76. The maximum Gasteiger partial charge on any atom is 0.150 e. The number of hydrogen-bond acceptors (Lipinski definition) is 4. The SMILES string of the molecule is COC1(c2ccccc2C=O)c2ccc(N(C)C)cc2S(C)(C)c2cc(N(C)C)ccc21. The van der Waals surface area contributed by atoms with E-state index in [4.69, 9.17) is 4.74 Å². The van der Waals surface area contributed by atoms with Gasteiger partial charge in [-0.2, -0.15) is 10.0 Å². The first-order chi connectivity index (χ1) is 15.2. The minimum atomic E-state index is -1.34. The third-order valence-corrected chi connectivity index (χ3v) is 9.47. The van der Waals surface area contributed by atoms with Gasteiger partial charge < -0.3 is 14.5 Å². The van der Waals surface area contributed by atoms with Crippen LogP contribution in [0.3, 0.4) is 0 Å². The lowest BCUT2D eigenvalue weighted by Crippen LogP contribution is -2.38. The second-order valence-electron chi connectivity index (χ2n) is 9.07. The van der Waals surface area contributed by atoms with Crippen LogP contribution in [0.15, 0.2) is 70.5 Å². The molecule has 0 aliphatic carbocycles. The molecule has 0 fully saturated rings. The molecular formula is C27H32N2O2S. The van der Waals surface area contributed by atoms with E-state index >= 15 is 0 Å². The number of hydrogen-bond donors (Lipinski definition) is 0. The van der Waals surface area contributed by atoms with Gasteiger partial charge in [-0.25, -0.2) is 0 Å². The Morgan fingerprint density at radius 2 is 1.28 bits per heavy atom. The average molecular weight is 449 g/mol. The highest BCUT2D eigenvalue weighted by molar-refractivity contribution is 8.32. The van der Waals surface area contributed by atoms with E-state index in [0.717, 1.165) is 34.4 Å². The number of ether oxygens (including phenoxy) is 1. The number of rotatable bonds is 5. The Kier molecular flexibility index (Phi) is 5.60. The highest BCUT2D eigenvalue weighted by Gasteiger charge is 2.48. The smallest absolute Gasteiger partial charge is 0.150 e. The van der Waals surface area contributed by atoms with Crippen molar-refractivity contribution in [2.75, 3.05) is 57.6 Å². The predicted octanol–water partition coefficient (Wildman–Crippen LogP) is 5.37. The van der Waals surface area contributed by atoms with Gasteiger partial charge in [-0.1, -0.05) is 36.4 Å². The van der Waals surface area contributed by atoms with Crippen LogP contribution in [0.25, 0.3) is 0 Å². The summed E-state index contributed by atoms with van der Waals surface area (Å²) in [6, 6.07) is 21.0. The predicted molar refractivity (Wildman–Crippen MR) is 136 cm³/mol. The van der Waals surface area contributed by atoms with Gasteiger partial charge in [0.05, 0.1) is 0 Å². The lowest BCUT2D eigenvalue weighted by atomic mass is 9.77. The van der Waals surface area contributed by atoms with Crippen molar-refractivity contribution in [3.63, 3.8) is 0 Å². The number of fused-ring (bicyclic) bond motifs is 2. The molecule has 1 aliphatic rings. The summed E-state index contributed by atoms with van der Waals surface area (Å²) in [6.45, 7) is 0. The molecule has 1 aliphatic heterocycles. The molecule has 0 amide bonds. The minimum absolute atomic E-state index is 0.648. The van der Waals surface area contributed by atoms with Gasteiger partial charge in [-0.05, 0) is 36.8 Å². The molecule has 0 N–H and O–H groups in total. The molecule has 4 nitrogen and oxygen atoms in total. The van der Waals surface area contributed by atoms with E-state index in [1.807, 2.05) is 24.3 Å². The summed E-state index contributed by atoms with van der Waals surface area (Å²) in [7, 11) is 8.67. The number of carbonyl (C=O) groups is 1. The quantitative estimate of drug-likeness (QED) is 0.492. The van der Waals surface area contributed by atoms with Crippen LogP contribution in [0.2, 0.25) is 0 Å². The van der Waals surface area contributed by atoms with E-state index in [9.17, 15) is 4.79 Å². The number of methoxy groups -OCH3 is 1. The fourth-order valence-electron chi connectivity index (χ4n) is 4.81. The number of carbonyl (C=O) groups excluding carboxylic acids is 1. The molecule has 0 unspecified atom stereocenters. The molecular weight excluding hydrogens is 416 g/mol. The second-order valence-corrected chi connectivity index (χ2v) is 12.6. The Bertz CT molecular complexity index is 1120. The monoisotopic (exact) mass is 448 g/mol. The van der Waals surface area contributed by atoms with Gasteiger partial charge in [-0.15, -0.1) is 0 Å². The number of nitrogens with zero attached hydrogens (tertiary/aromatic N) is 2. The fraction of sp³-hybridized carbons (Fsp3) is 0.296. The van der Waals surface area contributed by atoms with Crippen LogP contribution in [0.1, 0.15) is 27.0 Å². The molecule has 0 spiro atoms. The van der Waals surface area contributed by atoms with E-state index in [2.05, 4.69) is 86.9 Å². The molecule has 1 heterocycles. The van der Waals surface area contributed by atoms with Crippen molar-refractivity contribution < 1.29 is 9.53 Å². The summed E-state index contributed by atoms with van der Waals surface area (Å²) in [5, 5.41) is 0. The maximum absolute atomic E-state index is 12.1. The standard InChI is InChI=1S/C27H32N2O2S/c1-28(2)20-12-14-23-25(16-20)32(6,7)26-17-21(29(3)4)13-15-24(26)27(23,31-5)22-11-9-8-10-19(22)18-30/h8-18H,1-7H3. The lowest BCUT2D eigenvalue weighted by Gasteiger charge is -2.49. The van der Waals surface area contributed by atoms with Crippen LogP contribution in [0.5, 0.6) is 0 Å². The summed E-state index contributed by atoms with van der Waals surface area (Å²) < 4.78 is 6.48. The van der Waals surface area contributed by atoms with Crippen LogP contribution in [-0.4, -0.2) is 54.1 Å². The van der Waals surface area contributed by atoms with E-state index in [1.54, 1.807) is 7.11 Å². The van der Waals surface area contributed by atoms with Crippen LogP contribution >= 0.6 is 10.0 Å². The van der Waals surface area contributed by atoms with Crippen LogP contribution in [0, 0.1) is 0 Å². The summed E-state index contributed by atoms with van der Waals surface area (Å²) >= 11 is 0. The van der Waals surface area contributed by atoms with Crippen molar-refractivity contribution in [1.29, 1.82) is 0 Å². The molecule has 4 rings (SSSR count). The van der Waals surface area contributed by atoms with Crippen molar-refractivity contribution in [1.82, 2.24) is 0 Å².